The van der Waals surface area contributed by atoms with Crippen LogP contribution in [0, 0.1) is 0 Å². The fraction of sp³-hybridized carbons (Fsp3) is 0.133. The van der Waals surface area contributed by atoms with E-state index in [0.717, 1.165) is 15.7 Å². The lowest BCUT2D eigenvalue weighted by molar-refractivity contribution is -0.117. The average molecular weight is 304 g/mol. The van der Waals surface area contributed by atoms with Gasteiger partial charge in [0.2, 0.25) is 5.91 Å². The predicted octanol–water partition coefficient (Wildman–Crippen LogP) is 3.65. The quantitative estimate of drug-likeness (QED) is 0.847. The van der Waals surface area contributed by atoms with Gasteiger partial charge < -0.3 is 4.90 Å². The van der Waals surface area contributed by atoms with Crippen LogP contribution in [0.2, 0.25) is 0 Å². The van der Waals surface area contributed by atoms with Gasteiger partial charge in [-0.2, -0.15) is 0 Å². The molecule has 0 heterocycles. The van der Waals surface area contributed by atoms with Crippen molar-refractivity contribution in [3.63, 3.8) is 0 Å². The molecule has 3 heteroatoms. The smallest absolute Gasteiger partial charge is 0.231 e. The molecule has 0 aliphatic rings. The van der Waals surface area contributed by atoms with Crippen LogP contribution in [-0.4, -0.2) is 13.0 Å². The lowest BCUT2D eigenvalue weighted by Gasteiger charge is -2.17. The van der Waals surface area contributed by atoms with Gasteiger partial charge in [-0.1, -0.05) is 52.3 Å². The number of benzene rings is 2. The molecule has 2 nitrogen and oxygen atoms in total. The molecule has 18 heavy (non-hydrogen) atoms. The summed E-state index contributed by atoms with van der Waals surface area (Å²) in [6, 6.07) is 17.5. The molecule has 0 saturated carbocycles. The molecule has 0 aromatic heterocycles. The maximum absolute atomic E-state index is 12.1. The summed E-state index contributed by atoms with van der Waals surface area (Å²) < 4.78 is 0.972. The SMILES string of the molecule is CN(C(=O)Cc1ccccc1)c1cccc(Br)c1. The molecular weight excluding hydrogens is 290 g/mol. The van der Waals surface area contributed by atoms with Crippen molar-refractivity contribution in [1.29, 1.82) is 0 Å². The number of carbonyl (C=O) groups is 1. The molecule has 0 bridgehead atoms. The van der Waals surface area contributed by atoms with E-state index >= 15 is 0 Å². The Bertz CT molecular complexity index is 539. The summed E-state index contributed by atoms with van der Waals surface area (Å²) in [5.74, 6) is 0.0827. The van der Waals surface area contributed by atoms with E-state index in [-0.39, 0.29) is 5.91 Å². The Morgan fingerprint density at radius 1 is 1.11 bits per heavy atom. The minimum atomic E-state index is 0.0827. The van der Waals surface area contributed by atoms with Crippen LogP contribution in [0.3, 0.4) is 0 Å². The van der Waals surface area contributed by atoms with E-state index in [4.69, 9.17) is 0 Å². The summed E-state index contributed by atoms with van der Waals surface area (Å²) in [6.45, 7) is 0. The van der Waals surface area contributed by atoms with Gasteiger partial charge >= 0.3 is 0 Å². The van der Waals surface area contributed by atoms with E-state index in [1.807, 2.05) is 54.6 Å². The number of amides is 1. The maximum Gasteiger partial charge on any atom is 0.231 e. The molecule has 0 spiro atoms. The number of rotatable bonds is 3. The Morgan fingerprint density at radius 3 is 2.50 bits per heavy atom. The van der Waals surface area contributed by atoms with Crippen molar-refractivity contribution in [2.75, 3.05) is 11.9 Å². The van der Waals surface area contributed by atoms with E-state index in [9.17, 15) is 4.79 Å². The zero-order valence-corrected chi connectivity index (χ0v) is 11.7. The van der Waals surface area contributed by atoms with Crippen LogP contribution in [0.25, 0.3) is 0 Å². The zero-order valence-electron chi connectivity index (χ0n) is 10.1. The minimum absolute atomic E-state index is 0.0827. The highest BCUT2D eigenvalue weighted by Gasteiger charge is 2.11. The molecule has 2 rings (SSSR count). The summed E-state index contributed by atoms with van der Waals surface area (Å²) in [4.78, 5) is 13.8. The zero-order chi connectivity index (χ0) is 13.0. The largest absolute Gasteiger partial charge is 0.315 e. The van der Waals surface area contributed by atoms with Crippen molar-refractivity contribution in [2.45, 2.75) is 6.42 Å². The number of hydrogen-bond donors (Lipinski definition) is 0. The van der Waals surface area contributed by atoms with E-state index < -0.39 is 0 Å². The normalized spacial score (nSPS) is 10.1. The number of likely N-dealkylation sites (N-methyl/N-ethyl adjacent to an activating group) is 1. The molecule has 0 fully saturated rings. The monoisotopic (exact) mass is 303 g/mol. The summed E-state index contributed by atoms with van der Waals surface area (Å²) in [5.41, 5.74) is 1.93. The Kier molecular flexibility index (Phi) is 4.15. The second kappa shape index (κ2) is 5.83. The Labute approximate surface area is 115 Å². The van der Waals surface area contributed by atoms with Gasteiger partial charge in [0.15, 0.2) is 0 Å². The van der Waals surface area contributed by atoms with Crippen LogP contribution in [0.15, 0.2) is 59.1 Å². The van der Waals surface area contributed by atoms with Crippen molar-refractivity contribution in [3.8, 4) is 0 Å². The Balaban J connectivity index is 2.10. The first-order valence-electron chi connectivity index (χ1n) is 5.73. The van der Waals surface area contributed by atoms with Crippen molar-refractivity contribution in [1.82, 2.24) is 0 Å². The highest BCUT2D eigenvalue weighted by atomic mass is 79.9. The molecule has 0 aliphatic heterocycles. The molecule has 2 aromatic rings. The van der Waals surface area contributed by atoms with Crippen molar-refractivity contribution >= 4 is 27.5 Å². The van der Waals surface area contributed by atoms with E-state index in [2.05, 4.69) is 15.9 Å². The summed E-state index contributed by atoms with van der Waals surface area (Å²) >= 11 is 3.41. The number of hydrogen-bond acceptors (Lipinski definition) is 1. The number of nitrogens with zero attached hydrogens (tertiary/aromatic N) is 1. The minimum Gasteiger partial charge on any atom is -0.315 e. The fourth-order valence-electron chi connectivity index (χ4n) is 1.72. The van der Waals surface area contributed by atoms with Gasteiger partial charge in [0, 0.05) is 17.2 Å². The Hall–Kier alpha value is -1.61. The second-order valence-electron chi connectivity index (χ2n) is 4.10. The van der Waals surface area contributed by atoms with Gasteiger partial charge in [-0.05, 0) is 23.8 Å². The summed E-state index contributed by atoms with van der Waals surface area (Å²) in [6.07, 6.45) is 0.420. The standard InChI is InChI=1S/C15H14BrNO/c1-17(14-9-5-8-13(16)11-14)15(18)10-12-6-3-2-4-7-12/h2-9,11H,10H2,1H3. The van der Waals surface area contributed by atoms with Crippen LogP contribution in [0.4, 0.5) is 5.69 Å². The highest BCUT2D eigenvalue weighted by Crippen LogP contribution is 2.19. The molecule has 0 atom stereocenters. The summed E-state index contributed by atoms with van der Waals surface area (Å²) in [7, 11) is 1.80. The topological polar surface area (TPSA) is 20.3 Å². The maximum atomic E-state index is 12.1. The third-order valence-electron chi connectivity index (χ3n) is 2.77. The second-order valence-corrected chi connectivity index (χ2v) is 5.01. The lowest BCUT2D eigenvalue weighted by atomic mass is 10.1. The molecule has 0 unspecified atom stereocenters. The van der Waals surface area contributed by atoms with Gasteiger partial charge in [0.05, 0.1) is 6.42 Å². The molecule has 0 N–H and O–H groups in total. The van der Waals surface area contributed by atoms with Gasteiger partial charge in [-0.3, -0.25) is 4.79 Å². The predicted molar refractivity (Wildman–Crippen MR) is 77.7 cm³/mol. The van der Waals surface area contributed by atoms with Gasteiger partial charge in [-0.25, -0.2) is 0 Å². The van der Waals surface area contributed by atoms with Gasteiger partial charge in [-0.15, -0.1) is 0 Å². The third kappa shape index (κ3) is 3.20. The molecule has 0 aliphatic carbocycles. The van der Waals surface area contributed by atoms with E-state index in [1.54, 1.807) is 11.9 Å². The molecule has 2 aromatic carbocycles. The van der Waals surface area contributed by atoms with Crippen LogP contribution < -0.4 is 4.90 Å². The van der Waals surface area contributed by atoms with Crippen LogP contribution >= 0.6 is 15.9 Å². The highest BCUT2D eigenvalue weighted by molar-refractivity contribution is 9.10. The molecular formula is C15H14BrNO. The van der Waals surface area contributed by atoms with Crippen molar-refractivity contribution in [3.05, 3.63) is 64.6 Å². The fourth-order valence-corrected chi connectivity index (χ4v) is 2.10. The van der Waals surface area contributed by atoms with E-state index in [1.165, 1.54) is 0 Å². The number of anilines is 1. The van der Waals surface area contributed by atoms with Gasteiger partial charge in [0.25, 0.3) is 0 Å². The molecule has 0 radical (unpaired) electrons. The van der Waals surface area contributed by atoms with Crippen molar-refractivity contribution in [2.24, 2.45) is 0 Å². The first kappa shape index (κ1) is 12.8. The third-order valence-corrected chi connectivity index (χ3v) is 3.26. The first-order chi connectivity index (χ1) is 8.66. The van der Waals surface area contributed by atoms with Crippen LogP contribution in [-0.2, 0) is 11.2 Å². The average Bonchev–Trinajstić information content (AvgIpc) is 2.39. The molecule has 1 amide bonds. The number of carbonyl (C=O) groups excluding carboxylic acids is 1. The van der Waals surface area contributed by atoms with Crippen molar-refractivity contribution < 1.29 is 4.79 Å². The first-order valence-corrected chi connectivity index (χ1v) is 6.52. The van der Waals surface area contributed by atoms with Crippen LogP contribution in [0.1, 0.15) is 5.56 Å². The van der Waals surface area contributed by atoms with Gasteiger partial charge in [0.1, 0.15) is 0 Å². The summed E-state index contributed by atoms with van der Waals surface area (Å²) in [5, 5.41) is 0. The number of halogens is 1. The molecule has 0 saturated heterocycles. The Morgan fingerprint density at radius 2 is 1.83 bits per heavy atom. The molecule has 92 valence electrons. The lowest BCUT2D eigenvalue weighted by Crippen LogP contribution is -2.27. The van der Waals surface area contributed by atoms with Crippen LogP contribution in [0.5, 0.6) is 0 Å². The van der Waals surface area contributed by atoms with E-state index in [0.29, 0.717) is 6.42 Å².